The molecule has 3 N–H and O–H groups in total. The highest BCUT2D eigenvalue weighted by Crippen LogP contribution is 2.41. The molecule has 178 valence electrons. The molecule has 3 aromatic heterocycles. The molecule has 0 radical (unpaired) electrons. The van der Waals surface area contributed by atoms with E-state index in [1.165, 1.54) is 36.9 Å². The Morgan fingerprint density at radius 2 is 2.03 bits per heavy atom. The Morgan fingerprint density at radius 3 is 2.68 bits per heavy atom. The number of nitrogens with one attached hydrogen (secondary N) is 3. The molecule has 34 heavy (non-hydrogen) atoms. The number of aromatic amines is 1. The van der Waals surface area contributed by atoms with Crippen LogP contribution in [0.15, 0.2) is 30.6 Å². The lowest BCUT2D eigenvalue weighted by molar-refractivity contribution is -0.132. The van der Waals surface area contributed by atoms with Crippen molar-refractivity contribution in [1.82, 2.24) is 25.1 Å². The number of amides is 2. The molecule has 0 bridgehead atoms. The fourth-order valence-corrected chi connectivity index (χ4v) is 3.77. The van der Waals surface area contributed by atoms with Crippen LogP contribution in [0.1, 0.15) is 37.8 Å². The molecule has 4 aromatic rings. The third-order valence-corrected chi connectivity index (χ3v) is 5.48. The average Bonchev–Trinajstić information content (AvgIpc) is 3.52. The van der Waals surface area contributed by atoms with Gasteiger partial charge >= 0.3 is 6.43 Å². The molecule has 1 fully saturated rings. The number of pyridine rings is 1. The molecule has 1 aromatic carbocycles. The second-order valence-corrected chi connectivity index (χ2v) is 8.12. The van der Waals surface area contributed by atoms with Gasteiger partial charge in [-0.25, -0.2) is 8.91 Å². The summed E-state index contributed by atoms with van der Waals surface area (Å²) in [5, 5.41) is 15.4. The molecule has 1 aliphatic rings. The zero-order valence-electron chi connectivity index (χ0n) is 17.9. The molecule has 0 aliphatic heterocycles. The van der Waals surface area contributed by atoms with Crippen molar-refractivity contribution in [2.75, 3.05) is 5.32 Å². The smallest absolute Gasteiger partial charge is 0.315 e. The number of fused-ring (bicyclic) bond motifs is 2. The Kier molecular flexibility index (Phi) is 6.73. The summed E-state index contributed by atoms with van der Waals surface area (Å²) in [6, 6.07) is 3.87. The monoisotopic (exact) mass is 492 g/mol. The Bertz CT molecular complexity index is 1370. The largest absolute Gasteiger partial charge is 0.344 e. The number of benzene rings is 1. The van der Waals surface area contributed by atoms with E-state index in [1.54, 1.807) is 24.4 Å². The van der Waals surface area contributed by atoms with Crippen molar-refractivity contribution in [3.05, 3.63) is 47.0 Å². The number of aromatic nitrogens is 4. The van der Waals surface area contributed by atoms with E-state index >= 15 is 4.39 Å². The SMILES string of the molecule is C1CC1.CC(NC(=O)C(F)F)c1c(F)c(Cl)c(-c2ccn3nc(NC=O)cc3c2)c2cn[nH]c12. The van der Waals surface area contributed by atoms with Gasteiger partial charge in [0.15, 0.2) is 5.82 Å². The highest BCUT2D eigenvalue weighted by atomic mass is 35.5. The molecule has 1 unspecified atom stereocenters. The van der Waals surface area contributed by atoms with Crippen LogP contribution in [-0.4, -0.2) is 38.6 Å². The zero-order valence-corrected chi connectivity index (χ0v) is 18.7. The van der Waals surface area contributed by atoms with Gasteiger partial charge in [0, 0.05) is 28.8 Å². The van der Waals surface area contributed by atoms with Crippen molar-refractivity contribution < 1.29 is 22.8 Å². The number of hydrogen-bond donors (Lipinski definition) is 3. The number of carbonyl (C=O) groups is 2. The normalized spacial score (nSPS) is 13.5. The van der Waals surface area contributed by atoms with Crippen LogP contribution in [0, 0.1) is 5.82 Å². The lowest BCUT2D eigenvalue weighted by Gasteiger charge is -2.18. The van der Waals surface area contributed by atoms with Crippen LogP contribution in [0.5, 0.6) is 0 Å². The van der Waals surface area contributed by atoms with Gasteiger partial charge in [0.05, 0.1) is 28.3 Å². The molecule has 2 amide bonds. The number of nitrogens with zero attached hydrogens (tertiary/aromatic N) is 3. The average molecular weight is 493 g/mol. The number of halogens is 4. The Labute approximate surface area is 196 Å². The lowest BCUT2D eigenvalue weighted by atomic mass is 9.96. The number of H-pyrrole nitrogens is 1. The maximum atomic E-state index is 15.3. The zero-order chi connectivity index (χ0) is 24.4. The summed E-state index contributed by atoms with van der Waals surface area (Å²) in [7, 11) is 0. The van der Waals surface area contributed by atoms with E-state index in [1.807, 2.05) is 0 Å². The molecular formula is C22H20ClF3N6O2. The van der Waals surface area contributed by atoms with Gasteiger partial charge in [-0.3, -0.25) is 14.7 Å². The molecular weight excluding hydrogens is 473 g/mol. The molecule has 0 saturated heterocycles. The van der Waals surface area contributed by atoms with Gasteiger partial charge in [-0.2, -0.15) is 19.0 Å². The number of anilines is 1. The summed E-state index contributed by atoms with van der Waals surface area (Å²) in [5.74, 6) is -2.06. The minimum absolute atomic E-state index is 0.0850. The molecule has 1 saturated carbocycles. The van der Waals surface area contributed by atoms with Gasteiger partial charge in [-0.1, -0.05) is 30.9 Å². The Hall–Kier alpha value is -3.60. The Balaban J connectivity index is 0.000000846. The van der Waals surface area contributed by atoms with E-state index in [2.05, 4.69) is 25.9 Å². The van der Waals surface area contributed by atoms with Crippen LogP contribution in [0.2, 0.25) is 5.02 Å². The fraction of sp³-hybridized carbons (Fsp3) is 0.273. The van der Waals surface area contributed by atoms with Crippen LogP contribution in [0.3, 0.4) is 0 Å². The number of alkyl halides is 2. The highest BCUT2D eigenvalue weighted by molar-refractivity contribution is 6.35. The predicted molar refractivity (Wildman–Crippen MR) is 121 cm³/mol. The minimum atomic E-state index is -3.24. The van der Waals surface area contributed by atoms with Gasteiger partial charge in [-0.05, 0) is 24.6 Å². The van der Waals surface area contributed by atoms with Crippen molar-refractivity contribution in [3.8, 4) is 11.1 Å². The number of carbonyl (C=O) groups excluding carboxylic acids is 2. The lowest BCUT2D eigenvalue weighted by Crippen LogP contribution is -2.32. The van der Waals surface area contributed by atoms with Gasteiger partial charge in [0.25, 0.3) is 5.91 Å². The van der Waals surface area contributed by atoms with E-state index in [0.29, 0.717) is 34.3 Å². The summed E-state index contributed by atoms with van der Waals surface area (Å²) in [6.45, 7) is 1.37. The summed E-state index contributed by atoms with van der Waals surface area (Å²) >= 11 is 6.36. The number of rotatable bonds is 6. The summed E-state index contributed by atoms with van der Waals surface area (Å²) in [5.41, 5.74) is 1.61. The highest BCUT2D eigenvalue weighted by Gasteiger charge is 2.27. The van der Waals surface area contributed by atoms with E-state index < -0.39 is 24.2 Å². The summed E-state index contributed by atoms with van der Waals surface area (Å²) < 4.78 is 42.0. The maximum absolute atomic E-state index is 15.3. The molecule has 3 heterocycles. The van der Waals surface area contributed by atoms with Gasteiger partial charge < -0.3 is 10.6 Å². The third-order valence-electron chi connectivity index (χ3n) is 5.13. The van der Waals surface area contributed by atoms with Crippen LogP contribution in [0.25, 0.3) is 27.5 Å². The van der Waals surface area contributed by atoms with Crippen molar-refractivity contribution in [3.63, 3.8) is 0 Å². The van der Waals surface area contributed by atoms with Gasteiger partial charge in [0.2, 0.25) is 6.41 Å². The van der Waals surface area contributed by atoms with Gasteiger partial charge in [-0.15, -0.1) is 0 Å². The predicted octanol–water partition coefficient (Wildman–Crippen LogP) is 4.85. The summed E-state index contributed by atoms with van der Waals surface area (Å²) in [6.07, 6.45) is 4.80. The molecule has 12 heteroatoms. The maximum Gasteiger partial charge on any atom is 0.315 e. The standard InChI is InChI=1S/C19H14ClF3N6O2.C3H6/c1-8(26-19(31)18(22)23)13-16(21)15(20)14(11-6-25-27-17(11)13)9-2-3-29-10(4-9)5-12(28-29)24-7-30;1-2-3-1/h2-8,18H,1H3,(H,25,27)(H,26,31)(H,24,28,30);1-3H2. The molecule has 1 atom stereocenters. The van der Waals surface area contributed by atoms with Crippen LogP contribution in [-0.2, 0) is 9.59 Å². The van der Waals surface area contributed by atoms with E-state index in [0.717, 1.165) is 0 Å². The topological polar surface area (TPSA) is 104 Å². The summed E-state index contributed by atoms with van der Waals surface area (Å²) in [4.78, 5) is 22.0. The van der Waals surface area contributed by atoms with Crippen LogP contribution in [0.4, 0.5) is 19.0 Å². The van der Waals surface area contributed by atoms with E-state index in [4.69, 9.17) is 11.6 Å². The van der Waals surface area contributed by atoms with E-state index in [9.17, 15) is 18.4 Å². The second kappa shape index (κ2) is 9.72. The van der Waals surface area contributed by atoms with Crippen LogP contribution >= 0.6 is 11.6 Å². The van der Waals surface area contributed by atoms with Crippen molar-refractivity contribution in [2.24, 2.45) is 0 Å². The third kappa shape index (κ3) is 4.69. The minimum Gasteiger partial charge on any atom is -0.344 e. The van der Waals surface area contributed by atoms with Crippen molar-refractivity contribution in [1.29, 1.82) is 0 Å². The van der Waals surface area contributed by atoms with E-state index in [-0.39, 0.29) is 16.1 Å². The van der Waals surface area contributed by atoms with Crippen LogP contribution < -0.4 is 10.6 Å². The first-order valence-electron chi connectivity index (χ1n) is 10.4. The van der Waals surface area contributed by atoms with Crippen molar-refractivity contribution in [2.45, 2.75) is 38.7 Å². The Morgan fingerprint density at radius 1 is 1.29 bits per heavy atom. The molecule has 1 aliphatic carbocycles. The van der Waals surface area contributed by atoms with Crippen molar-refractivity contribution >= 4 is 46.2 Å². The first-order valence-corrected chi connectivity index (χ1v) is 10.8. The molecule has 0 spiro atoms. The fourth-order valence-electron chi connectivity index (χ4n) is 3.46. The molecule has 5 rings (SSSR count). The molecule has 8 nitrogen and oxygen atoms in total. The quantitative estimate of drug-likeness (QED) is 0.335. The first kappa shape index (κ1) is 23.6. The number of hydrogen-bond acceptors (Lipinski definition) is 4. The van der Waals surface area contributed by atoms with Gasteiger partial charge in [0.1, 0.15) is 5.82 Å². The second-order valence-electron chi connectivity index (χ2n) is 7.74. The first-order chi connectivity index (χ1) is 16.3.